The van der Waals surface area contributed by atoms with Crippen LogP contribution >= 0.6 is 11.8 Å². The summed E-state index contributed by atoms with van der Waals surface area (Å²) in [6.07, 6.45) is 2.87. The molecule has 2 aromatic carbocycles. The molecule has 1 aliphatic rings. The molecule has 29 heavy (non-hydrogen) atoms. The Hall–Kier alpha value is -2.60. The Labute approximate surface area is 174 Å². The molecular formula is C23H25N3O2S. The first-order chi connectivity index (χ1) is 14.1. The number of nitrogens with one attached hydrogen (secondary N) is 1. The lowest BCUT2D eigenvalue weighted by Crippen LogP contribution is -2.31. The van der Waals surface area contributed by atoms with Crippen molar-refractivity contribution in [2.45, 2.75) is 55.6 Å². The van der Waals surface area contributed by atoms with E-state index in [-0.39, 0.29) is 23.6 Å². The first-order valence-corrected chi connectivity index (χ1v) is 11.0. The van der Waals surface area contributed by atoms with Gasteiger partial charge in [-0.05, 0) is 43.9 Å². The van der Waals surface area contributed by atoms with Crippen molar-refractivity contribution in [1.82, 2.24) is 14.9 Å². The highest BCUT2D eigenvalue weighted by Gasteiger charge is 2.30. The SMILES string of the molecule is CC[C@@H](C)n1c(S[C@H](C(=O)NC2CC2)c2ccccc2)nc2ccccc2c1=O. The Morgan fingerprint density at radius 1 is 1.17 bits per heavy atom. The van der Waals surface area contributed by atoms with E-state index in [1.54, 1.807) is 4.57 Å². The summed E-state index contributed by atoms with van der Waals surface area (Å²) in [5.41, 5.74) is 1.52. The summed E-state index contributed by atoms with van der Waals surface area (Å²) in [7, 11) is 0. The van der Waals surface area contributed by atoms with Gasteiger partial charge in [0, 0.05) is 12.1 Å². The summed E-state index contributed by atoms with van der Waals surface area (Å²) < 4.78 is 1.74. The van der Waals surface area contributed by atoms with Crippen LogP contribution in [0.15, 0.2) is 64.5 Å². The summed E-state index contributed by atoms with van der Waals surface area (Å²) in [6.45, 7) is 4.07. The number of amides is 1. The summed E-state index contributed by atoms with van der Waals surface area (Å²) in [4.78, 5) is 31.1. The molecule has 1 saturated carbocycles. The summed E-state index contributed by atoms with van der Waals surface area (Å²) in [5.74, 6) is -0.0261. The monoisotopic (exact) mass is 407 g/mol. The topological polar surface area (TPSA) is 64.0 Å². The van der Waals surface area contributed by atoms with E-state index in [9.17, 15) is 9.59 Å². The zero-order valence-corrected chi connectivity index (χ0v) is 17.5. The van der Waals surface area contributed by atoms with Crippen LogP contribution in [0, 0.1) is 0 Å². The van der Waals surface area contributed by atoms with Crippen LogP contribution in [0.3, 0.4) is 0 Å². The quantitative estimate of drug-likeness (QED) is 0.463. The minimum absolute atomic E-state index is 0.00924. The molecule has 5 nitrogen and oxygen atoms in total. The summed E-state index contributed by atoms with van der Waals surface area (Å²) in [5, 5.41) is 3.85. The number of rotatable bonds is 7. The van der Waals surface area contributed by atoms with Gasteiger partial charge in [0.1, 0.15) is 5.25 Å². The average Bonchev–Trinajstić information content (AvgIpc) is 3.56. The number of carbonyl (C=O) groups excluding carboxylic acids is 1. The number of hydrogen-bond acceptors (Lipinski definition) is 4. The maximum atomic E-state index is 13.2. The molecule has 2 atom stereocenters. The Morgan fingerprint density at radius 2 is 1.86 bits per heavy atom. The van der Waals surface area contributed by atoms with Gasteiger partial charge < -0.3 is 5.32 Å². The fourth-order valence-electron chi connectivity index (χ4n) is 3.29. The van der Waals surface area contributed by atoms with E-state index in [0.29, 0.717) is 16.1 Å². The molecule has 1 N–H and O–H groups in total. The lowest BCUT2D eigenvalue weighted by Gasteiger charge is -2.22. The van der Waals surface area contributed by atoms with Crippen LogP contribution in [-0.2, 0) is 4.79 Å². The molecule has 0 radical (unpaired) electrons. The number of thioether (sulfide) groups is 1. The van der Waals surface area contributed by atoms with Crippen molar-refractivity contribution in [3.8, 4) is 0 Å². The summed E-state index contributed by atoms with van der Waals surface area (Å²) in [6, 6.07) is 17.4. The third kappa shape index (κ3) is 4.22. The number of hydrogen-bond donors (Lipinski definition) is 1. The van der Waals surface area contributed by atoms with E-state index in [1.807, 2.05) is 61.5 Å². The van der Waals surface area contributed by atoms with Gasteiger partial charge in [0.15, 0.2) is 5.16 Å². The van der Waals surface area contributed by atoms with Gasteiger partial charge in [-0.1, -0.05) is 61.2 Å². The van der Waals surface area contributed by atoms with Gasteiger partial charge in [0.25, 0.3) is 5.56 Å². The van der Waals surface area contributed by atoms with E-state index in [2.05, 4.69) is 12.2 Å². The fourth-order valence-corrected chi connectivity index (χ4v) is 4.50. The van der Waals surface area contributed by atoms with Gasteiger partial charge in [-0.3, -0.25) is 14.2 Å². The van der Waals surface area contributed by atoms with Gasteiger partial charge in [-0.2, -0.15) is 0 Å². The van der Waals surface area contributed by atoms with Crippen LogP contribution in [0.1, 0.15) is 50.0 Å². The molecule has 4 rings (SSSR count). The van der Waals surface area contributed by atoms with Gasteiger partial charge in [0.2, 0.25) is 5.91 Å². The molecule has 0 bridgehead atoms. The third-order valence-corrected chi connectivity index (χ3v) is 6.52. The number of para-hydroxylation sites is 1. The lowest BCUT2D eigenvalue weighted by atomic mass is 10.1. The standard InChI is InChI=1S/C23H25N3O2S/c1-3-15(2)26-22(28)18-11-7-8-12-19(18)25-23(26)29-20(16-9-5-4-6-10-16)21(27)24-17-13-14-17/h4-12,15,17,20H,3,13-14H2,1-2H3,(H,24,27)/t15-,20+/m1/s1. The van der Waals surface area contributed by atoms with Gasteiger partial charge >= 0.3 is 0 Å². The Morgan fingerprint density at radius 3 is 2.55 bits per heavy atom. The van der Waals surface area contributed by atoms with Crippen molar-refractivity contribution >= 4 is 28.6 Å². The highest BCUT2D eigenvalue weighted by atomic mass is 32.2. The Balaban J connectivity index is 1.80. The number of fused-ring (bicyclic) bond motifs is 1. The maximum absolute atomic E-state index is 13.2. The molecule has 1 amide bonds. The lowest BCUT2D eigenvalue weighted by molar-refractivity contribution is -0.120. The van der Waals surface area contributed by atoms with Gasteiger partial charge in [-0.15, -0.1) is 0 Å². The van der Waals surface area contributed by atoms with E-state index in [4.69, 9.17) is 4.98 Å². The van der Waals surface area contributed by atoms with Crippen molar-refractivity contribution in [1.29, 1.82) is 0 Å². The molecule has 1 fully saturated rings. The second kappa shape index (κ2) is 8.41. The van der Waals surface area contributed by atoms with E-state index in [0.717, 1.165) is 24.8 Å². The van der Waals surface area contributed by atoms with Crippen molar-refractivity contribution in [2.24, 2.45) is 0 Å². The molecule has 1 heterocycles. The Kier molecular flexibility index (Phi) is 5.72. The van der Waals surface area contributed by atoms with Gasteiger partial charge in [-0.25, -0.2) is 4.98 Å². The van der Waals surface area contributed by atoms with Crippen molar-refractivity contribution < 1.29 is 4.79 Å². The molecule has 0 aliphatic heterocycles. The third-order valence-electron chi connectivity index (χ3n) is 5.29. The smallest absolute Gasteiger partial charge is 0.262 e. The fraction of sp³-hybridized carbons (Fsp3) is 0.348. The number of benzene rings is 2. The van der Waals surface area contributed by atoms with Gasteiger partial charge in [0.05, 0.1) is 10.9 Å². The minimum atomic E-state index is -0.458. The predicted molar refractivity (Wildman–Crippen MR) is 117 cm³/mol. The largest absolute Gasteiger partial charge is 0.352 e. The van der Waals surface area contributed by atoms with Crippen LogP contribution in [0.5, 0.6) is 0 Å². The molecule has 3 aromatic rings. The highest BCUT2D eigenvalue weighted by molar-refractivity contribution is 8.00. The maximum Gasteiger partial charge on any atom is 0.262 e. The van der Waals surface area contributed by atoms with E-state index in [1.165, 1.54) is 11.8 Å². The number of aromatic nitrogens is 2. The zero-order chi connectivity index (χ0) is 20.4. The van der Waals surface area contributed by atoms with E-state index >= 15 is 0 Å². The molecule has 0 saturated heterocycles. The zero-order valence-electron chi connectivity index (χ0n) is 16.7. The summed E-state index contributed by atoms with van der Waals surface area (Å²) >= 11 is 1.36. The Bertz CT molecular complexity index is 1080. The van der Waals surface area contributed by atoms with Crippen molar-refractivity contribution in [3.63, 3.8) is 0 Å². The molecule has 6 heteroatoms. The van der Waals surface area contributed by atoms with Crippen LogP contribution in [0.4, 0.5) is 0 Å². The average molecular weight is 408 g/mol. The molecule has 1 aliphatic carbocycles. The highest BCUT2D eigenvalue weighted by Crippen LogP contribution is 2.36. The first-order valence-electron chi connectivity index (χ1n) is 10.1. The van der Waals surface area contributed by atoms with Crippen LogP contribution in [0.2, 0.25) is 0 Å². The van der Waals surface area contributed by atoms with E-state index < -0.39 is 5.25 Å². The number of nitrogens with zero attached hydrogens (tertiary/aromatic N) is 2. The minimum Gasteiger partial charge on any atom is -0.352 e. The molecule has 1 aromatic heterocycles. The van der Waals surface area contributed by atoms with Crippen LogP contribution in [0.25, 0.3) is 10.9 Å². The molecular weight excluding hydrogens is 382 g/mol. The molecule has 0 unspecified atom stereocenters. The normalized spacial score (nSPS) is 15.8. The van der Waals surface area contributed by atoms with Crippen LogP contribution < -0.4 is 10.9 Å². The second-order valence-corrected chi connectivity index (χ2v) is 8.61. The van der Waals surface area contributed by atoms with Crippen molar-refractivity contribution in [3.05, 3.63) is 70.5 Å². The first kappa shape index (κ1) is 19.7. The predicted octanol–water partition coefficient (Wildman–Crippen LogP) is 4.48. The molecule has 0 spiro atoms. The second-order valence-electron chi connectivity index (χ2n) is 7.54. The van der Waals surface area contributed by atoms with Crippen molar-refractivity contribution in [2.75, 3.05) is 0 Å². The number of carbonyl (C=O) groups is 1. The van der Waals surface area contributed by atoms with Crippen LogP contribution in [-0.4, -0.2) is 21.5 Å². The molecule has 150 valence electrons.